The van der Waals surface area contributed by atoms with Gasteiger partial charge in [-0.25, -0.2) is 4.79 Å². The Bertz CT molecular complexity index is 1120. The van der Waals surface area contributed by atoms with Crippen LogP contribution in [0.4, 0.5) is 5.69 Å². The maximum absolute atomic E-state index is 12.7. The molecule has 144 valence electrons. The van der Waals surface area contributed by atoms with Crippen molar-refractivity contribution in [3.63, 3.8) is 0 Å². The van der Waals surface area contributed by atoms with Gasteiger partial charge in [-0.2, -0.15) is 0 Å². The van der Waals surface area contributed by atoms with Crippen LogP contribution in [-0.2, 0) is 10.2 Å². The van der Waals surface area contributed by atoms with Crippen LogP contribution >= 0.6 is 0 Å². The number of fused-ring (bicyclic) bond motifs is 1. The summed E-state index contributed by atoms with van der Waals surface area (Å²) in [6.07, 6.45) is 1.39. The third-order valence-corrected chi connectivity index (χ3v) is 4.52. The van der Waals surface area contributed by atoms with Gasteiger partial charge in [-0.1, -0.05) is 39.0 Å². The van der Waals surface area contributed by atoms with E-state index in [1.807, 2.05) is 26.8 Å². The van der Waals surface area contributed by atoms with Crippen molar-refractivity contribution in [2.75, 3.05) is 12.4 Å². The van der Waals surface area contributed by atoms with E-state index in [1.165, 1.54) is 13.3 Å². The summed E-state index contributed by atoms with van der Waals surface area (Å²) in [7, 11) is 1.31. The maximum atomic E-state index is 12.7. The van der Waals surface area contributed by atoms with E-state index < -0.39 is 11.9 Å². The van der Waals surface area contributed by atoms with E-state index in [4.69, 9.17) is 4.74 Å². The first-order valence-corrected chi connectivity index (χ1v) is 8.87. The molecule has 2 N–H and O–H groups in total. The van der Waals surface area contributed by atoms with E-state index in [0.717, 1.165) is 5.56 Å². The number of benzene rings is 2. The number of hydrogen-bond acceptors (Lipinski definition) is 4. The van der Waals surface area contributed by atoms with Crippen molar-refractivity contribution in [1.82, 2.24) is 4.98 Å². The number of carbonyl (C=O) groups is 2. The highest BCUT2D eigenvalue weighted by molar-refractivity contribution is 6.06. The third kappa shape index (κ3) is 3.67. The predicted molar refractivity (Wildman–Crippen MR) is 109 cm³/mol. The van der Waals surface area contributed by atoms with Crippen LogP contribution in [0.3, 0.4) is 0 Å². The molecule has 0 unspecified atom stereocenters. The zero-order chi connectivity index (χ0) is 20.5. The number of aromatic nitrogens is 1. The lowest BCUT2D eigenvalue weighted by molar-refractivity contribution is 0.0597. The molecule has 3 rings (SSSR count). The van der Waals surface area contributed by atoms with Crippen LogP contribution in [0.1, 0.15) is 47.1 Å². The molecule has 2 aromatic carbocycles. The fourth-order valence-corrected chi connectivity index (χ4v) is 3.09. The standard InChI is InChI=1S/C22H22N2O4/c1-22(2,3)17-10-9-13(11-15(17)21(27)28-4)24-20(26)16-12-23-18-8-6-5-7-14(18)19(16)25/h5-12H,1-4H3,(H,23,25)(H,24,26). The summed E-state index contributed by atoms with van der Waals surface area (Å²) in [5.41, 5.74) is 1.62. The van der Waals surface area contributed by atoms with Crippen LogP contribution in [0.25, 0.3) is 10.9 Å². The zero-order valence-electron chi connectivity index (χ0n) is 16.3. The van der Waals surface area contributed by atoms with Gasteiger partial charge in [0.1, 0.15) is 5.56 Å². The number of carbonyl (C=O) groups excluding carboxylic acids is 2. The highest BCUT2D eigenvalue weighted by Crippen LogP contribution is 2.28. The Hall–Kier alpha value is -3.41. The number of nitrogens with one attached hydrogen (secondary N) is 2. The van der Waals surface area contributed by atoms with Crippen molar-refractivity contribution in [2.45, 2.75) is 26.2 Å². The molecule has 0 aliphatic rings. The van der Waals surface area contributed by atoms with E-state index in [2.05, 4.69) is 10.3 Å². The number of rotatable bonds is 3. The first-order chi connectivity index (χ1) is 13.2. The Morgan fingerprint density at radius 3 is 2.43 bits per heavy atom. The lowest BCUT2D eigenvalue weighted by Crippen LogP contribution is -2.23. The molecule has 0 radical (unpaired) electrons. The zero-order valence-corrected chi connectivity index (χ0v) is 16.3. The molecule has 0 aliphatic heterocycles. The van der Waals surface area contributed by atoms with E-state index in [9.17, 15) is 14.4 Å². The summed E-state index contributed by atoms with van der Waals surface area (Å²) in [6.45, 7) is 5.96. The summed E-state index contributed by atoms with van der Waals surface area (Å²) in [4.78, 5) is 40.4. The van der Waals surface area contributed by atoms with Crippen molar-refractivity contribution < 1.29 is 14.3 Å². The first-order valence-electron chi connectivity index (χ1n) is 8.87. The van der Waals surface area contributed by atoms with E-state index in [-0.39, 0.29) is 16.4 Å². The molecule has 1 amide bonds. The Morgan fingerprint density at radius 2 is 1.75 bits per heavy atom. The van der Waals surface area contributed by atoms with Gasteiger partial charge in [-0.3, -0.25) is 9.59 Å². The predicted octanol–water partition coefficient (Wildman–Crippen LogP) is 3.86. The molecule has 1 aromatic heterocycles. The molecule has 6 nitrogen and oxygen atoms in total. The minimum atomic E-state index is -0.550. The molecular weight excluding hydrogens is 356 g/mol. The largest absolute Gasteiger partial charge is 0.465 e. The average molecular weight is 378 g/mol. The Morgan fingerprint density at radius 1 is 1.04 bits per heavy atom. The number of anilines is 1. The normalized spacial score (nSPS) is 11.3. The molecule has 28 heavy (non-hydrogen) atoms. The molecule has 0 saturated heterocycles. The molecule has 0 bridgehead atoms. The first kappa shape index (κ1) is 19.4. The summed E-state index contributed by atoms with van der Waals surface area (Å²) in [5, 5.41) is 3.13. The van der Waals surface area contributed by atoms with E-state index in [1.54, 1.807) is 36.4 Å². The van der Waals surface area contributed by atoms with Gasteiger partial charge in [0.25, 0.3) is 5.91 Å². The number of H-pyrrole nitrogens is 1. The van der Waals surface area contributed by atoms with Gasteiger partial charge in [0, 0.05) is 22.8 Å². The molecule has 1 heterocycles. The summed E-state index contributed by atoms with van der Waals surface area (Å²) in [6, 6.07) is 12.0. The highest BCUT2D eigenvalue weighted by Gasteiger charge is 2.23. The Kier molecular flexibility index (Phi) is 5.05. The number of esters is 1. The van der Waals surface area contributed by atoms with Crippen LogP contribution in [-0.4, -0.2) is 24.0 Å². The van der Waals surface area contributed by atoms with Gasteiger partial charge < -0.3 is 15.0 Å². The quantitative estimate of drug-likeness (QED) is 0.677. The SMILES string of the molecule is COC(=O)c1cc(NC(=O)c2c[nH]c3ccccc3c2=O)ccc1C(C)(C)C. The van der Waals surface area contributed by atoms with Crippen LogP contribution in [0.5, 0.6) is 0 Å². The fraction of sp³-hybridized carbons (Fsp3) is 0.227. The smallest absolute Gasteiger partial charge is 0.338 e. The maximum Gasteiger partial charge on any atom is 0.338 e. The van der Waals surface area contributed by atoms with Crippen molar-refractivity contribution >= 4 is 28.5 Å². The molecule has 3 aromatic rings. The number of amides is 1. The number of methoxy groups -OCH3 is 1. The second-order valence-corrected chi connectivity index (χ2v) is 7.53. The second kappa shape index (κ2) is 7.31. The number of hydrogen-bond donors (Lipinski definition) is 2. The lowest BCUT2D eigenvalue weighted by Gasteiger charge is -2.22. The van der Waals surface area contributed by atoms with Crippen LogP contribution < -0.4 is 10.7 Å². The second-order valence-electron chi connectivity index (χ2n) is 7.53. The number of aromatic amines is 1. The lowest BCUT2D eigenvalue weighted by atomic mass is 9.83. The topological polar surface area (TPSA) is 88.3 Å². The molecule has 0 spiro atoms. The van der Waals surface area contributed by atoms with E-state index in [0.29, 0.717) is 22.2 Å². The molecule has 0 atom stereocenters. The minimum absolute atomic E-state index is 0.00165. The number of pyridine rings is 1. The van der Waals surface area contributed by atoms with Crippen molar-refractivity contribution in [3.05, 3.63) is 75.6 Å². The highest BCUT2D eigenvalue weighted by atomic mass is 16.5. The van der Waals surface area contributed by atoms with Gasteiger partial charge in [0.2, 0.25) is 5.43 Å². The average Bonchev–Trinajstić information content (AvgIpc) is 2.66. The minimum Gasteiger partial charge on any atom is -0.465 e. The number of para-hydroxylation sites is 1. The third-order valence-electron chi connectivity index (χ3n) is 4.52. The molecule has 6 heteroatoms. The van der Waals surface area contributed by atoms with Gasteiger partial charge in [-0.05, 0) is 35.2 Å². The monoisotopic (exact) mass is 378 g/mol. The molecule has 0 aliphatic carbocycles. The Balaban J connectivity index is 1.98. The van der Waals surface area contributed by atoms with Crippen LogP contribution in [0, 0.1) is 0 Å². The molecular formula is C22H22N2O4. The summed E-state index contributed by atoms with van der Waals surface area (Å²) in [5.74, 6) is -1.03. The van der Waals surface area contributed by atoms with Gasteiger partial charge >= 0.3 is 5.97 Å². The van der Waals surface area contributed by atoms with Gasteiger partial charge in [-0.15, -0.1) is 0 Å². The fourth-order valence-electron chi connectivity index (χ4n) is 3.09. The molecule has 0 fully saturated rings. The van der Waals surface area contributed by atoms with Gasteiger partial charge in [0.15, 0.2) is 0 Å². The summed E-state index contributed by atoms with van der Waals surface area (Å²) < 4.78 is 4.88. The van der Waals surface area contributed by atoms with Crippen LogP contribution in [0.2, 0.25) is 0 Å². The van der Waals surface area contributed by atoms with Crippen molar-refractivity contribution in [3.8, 4) is 0 Å². The molecule has 0 saturated carbocycles. The van der Waals surface area contributed by atoms with Crippen molar-refractivity contribution in [2.24, 2.45) is 0 Å². The van der Waals surface area contributed by atoms with Crippen molar-refractivity contribution in [1.29, 1.82) is 0 Å². The summed E-state index contributed by atoms with van der Waals surface area (Å²) >= 11 is 0. The van der Waals surface area contributed by atoms with E-state index >= 15 is 0 Å². The Labute approximate surface area is 162 Å². The van der Waals surface area contributed by atoms with Gasteiger partial charge in [0.05, 0.1) is 12.7 Å². The van der Waals surface area contributed by atoms with Crippen LogP contribution in [0.15, 0.2) is 53.5 Å². The number of ether oxygens (including phenoxy) is 1.